The van der Waals surface area contributed by atoms with Gasteiger partial charge in [-0.1, -0.05) is 12.1 Å². The molecular weight excluding hydrogens is 356 g/mol. The van der Waals surface area contributed by atoms with Gasteiger partial charge in [0, 0.05) is 34.3 Å². The lowest BCUT2D eigenvalue weighted by molar-refractivity contribution is -0.117. The van der Waals surface area contributed by atoms with Crippen molar-refractivity contribution in [2.45, 2.75) is 12.3 Å². The van der Waals surface area contributed by atoms with Gasteiger partial charge in [0.25, 0.3) is 5.91 Å². The molecule has 0 radical (unpaired) electrons. The Labute approximate surface area is 160 Å². The van der Waals surface area contributed by atoms with E-state index in [4.69, 9.17) is 4.74 Å². The average molecular weight is 374 g/mol. The van der Waals surface area contributed by atoms with Gasteiger partial charge in [-0.2, -0.15) is 5.10 Å². The predicted octanol–water partition coefficient (Wildman–Crippen LogP) is 3.00. The molecular formula is C21H18N4O3. The Kier molecular flexibility index (Phi) is 3.68. The molecule has 7 heteroatoms. The number of hydrogen-bond acceptors (Lipinski definition) is 4. The van der Waals surface area contributed by atoms with Gasteiger partial charge in [0.2, 0.25) is 5.91 Å². The molecule has 2 aromatic carbocycles. The highest BCUT2D eigenvalue weighted by Crippen LogP contribution is 2.48. The van der Waals surface area contributed by atoms with E-state index >= 15 is 0 Å². The second-order valence-corrected chi connectivity index (χ2v) is 7.10. The summed E-state index contributed by atoms with van der Waals surface area (Å²) in [6.07, 6.45) is 4.20. The number of hydrazone groups is 1. The standard InChI is InChI=1S/C21H18N4O3/c1-28-14-4-2-3-11(5-14)15-8-16(15)20(26)24-13-6-17-19-12(9-22-18(19)7-13)10-23-25-21(17)27/h2-7,9-10,15-16,22H,8H2,1H3,(H,24,26)(H,25,27). The lowest BCUT2D eigenvalue weighted by Gasteiger charge is -2.09. The Morgan fingerprint density at radius 3 is 3.04 bits per heavy atom. The zero-order chi connectivity index (χ0) is 19.3. The second-order valence-electron chi connectivity index (χ2n) is 7.10. The maximum Gasteiger partial charge on any atom is 0.272 e. The van der Waals surface area contributed by atoms with Crippen LogP contribution in [0.1, 0.15) is 33.8 Å². The monoisotopic (exact) mass is 374 g/mol. The molecule has 2 atom stereocenters. The fourth-order valence-electron chi connectivity index (χ4n) is 3.83. The smallest absolute Gasteiger partial charge is 0.272 e. The molecule has 2 aliphatic rings. The molecule has 140 valence electrons. The number of nitrogens with one attached hydrogen (secondary N) is 3. The number of aromatic amines is 1. The molecule has 1 aliphatic carbocycles. The molecule has 0 spiro atoms. The molecule has 3 N–H and O–H groups in total. The molecule has 3 aromatic rings. The lowest BCUT2D eigenvalue weighted by atomic mass is 10.0. The number of nitrogens with zero attached hydrogens (tertiary/aromatic N) is 1. The number of anilines is 1. The SMILES string of the molecule is COc1cccc(C2CC2C(=O)Nc2cc3c4c(c[nH]c4c2)C=NNC3=O)c1. The molecule has 7 nitrogen and oxygen atoms in total. The summed E-state index contributed by atoms with van der Waals surface area (Å²) in [7, 11) is 1.63. The molecule has 1 aliphatic heterocycles. The number of H-pyrrole nitrogens is 1. The molecule has 0 bridgehead atoms. The Hall–Kier alpha value is -3.61. The van der Waals surface area contributed by atoms with Crippen LogP contribution in [0.3, 0.4) is 0 Å². The van der Waals surface area contributed by atoms with Crippen molar-refractivity contribution >= 4 is 34.6 Å². The van der Waals surface area contributed by atoms with Crippen LogP contribution in [0.5, 0.6) is 5.75 Å². The second kappa shape index (κ2) is 6.23. The van der Waals surface area contributed by atoms with E-state index in [0.29, 0.717) is 11.3 Å². The van der Waals surface area contributed by atoms with Crippen LogP contribution in [0.2, 0.25) is 0 Å². The molecule has 28 heavy (non-hydrogen) atoms. The lowest BCUT2D eigenvalue weighted by Crippen LogP contribution is -2.18. The van der Waals surface area contributed by atoms with Crippen LogP contribution in [0.15, 0.2) is 47.7 Å². The van der Waals surface area contributed by atoms with Crippen molar-refractivity contribution in [1.29, 1.82) is 0 Å². The molecule has 2 unspecified atom stereocenters. The van der Waals surface area contributed by atoms with Crippen LogP contribution < -0.4 is 15.5 Å². The molecule has 2 amide bonds. The van der Waals surface area contributed by atoms with Crippen LogP contribution in [0.25, 0.3) is 10.9 Å². The first-order valence-electron chi connectivity index (χ1n) is 9.07. The normalized spacial score (nSPS) is 19.8. The molecule has 1 aromatic heterocycles. The minimum Gasteiger partial charge on any atom is -0.497 e. The topological polar surface area (TPSA) is 95.6 Å². The summed E-state index contributed by atoms with van der Waals surface area (Å²) < 4.78 is 5.27. The van der Waals surface area contributed by atoms with E-state index in [9.17, 15) is 9.59 Å². The summed E-state index contributed by atoms with van der Waals surface area (Å²) in [5, 5.41) is 7.67. The van der Waals surface area contributed by atoms with Gasteiger partial charge >= 0.3 is 0 Å². The molecule has 2 heterocycles. The summed E-state index contributed by atoms with van der Waals surface area (Å²) in [5.74, 6) is 0.556. The number of amides is 2. The first-order valence-corrected chi connectivity index (χ1v) is 9.07. The predicted molar refractivity (Wildman–Crippen MR) is 106 cm³/mol. The van der Waals surface area contributed by atoms with Crippen LogP contribution in [0, 0.1) is 5.92 Å². The fraction of sp³-hybridized carbons (Fsp3) is 0.190. The Balaban J connectivity index is 1.38. The Bertz CT molecular complexity index is 1150. The molecule has 5 rings (SSSR count). The van der Waals surface area contributed by atoms with Gasteiger partial charge in [-0.25, -0.2) is 5.43 Å². The quantitative estimate of drug-likeness (QED) is 0.655. The number of aromatic nitrogens is 1. The van der Waals surface area contributed by atoms with Crippen molar-refractivity contribution in [1.82, 2.24) is 10.4 Å². The van der Waals surface area contributed by atoms with Gasteiger partial charge in [-0.05, 0) is 42.2 Å². The van der Waals surface area contributed by atoms with Crippen molar-refractivity contribution in [2.24, 2.45) is 11.0 Å². The number of rotatable bonds is 4. The number of hydrogen-bond donors (Lipinski definition) is 3. The molecule has 0 saturated heterocycles. The van der Waals surface area contributed by atoms with Gasteiger partial charge in [-0.15, -0.1) is 0 Å². The highest BCUT2D eigenvalue weighted by atomic mass is 16.5. The summed E-state index contributed by atoms with van der Waals surface area (Å²) >= 11 is 0. The Morgan fingerprint density at radius 1 is 1.29 bits per heavy atom. The van der Waals surface area contributed by atoms with Gasteiger partial charge in [0.1, 0.15) is 5.75 Å². The van der Waals surface area contributed by atoms with Gasteiger partial charge in [0.15, 0.2) is 0 Å². The molecule has 1 saturated carbocycles. The largest absolute Gasteiger partial charge is 0.497 e. The maximum absolute atomic E-state index is 12.7. The zero-order valence-corrected chi connectivity index (χ0v) is 15.2. The fourth-order valence-corrected chi connectivity index (χ4v) is 3.83. The first-order chi connectivity index (χ1) is 13.6. The van der Waals surface area contributed by atoms with Crippen LogP contribution in [-0.2, 0) is 4.79 Å². The number of methoxy groups -OCH3 is 1. The highest BCUT2D eigenvalue weighted by molar-refractivity contribution is 6.15. The number of carbonyl (C=O) groups excluding carboxylic acids is 2. The molecule has 1 fully saturated rings. The van der Waals surface area contributed by atoms with E-state index in [1.54, 1.807) is 25.6 Å². The highest BCUT2D eigenvalue weighted by Gasteiger charge is 2.44. The van der Waals surface area contributed by atoms with E-state index in [-0.39, 0.29) is 23.7 Å². The summed E-state index contributed by atoms with van der Waals surface area (Å²) in [4.78, 5) is 28.2. The minimum atomic E-state index is -0.295. The van der Waals surface area contributed by atoms with E-state index < -0.39 is 0 Å². The summed E-state index contributed by atoms with van der Waals surface area (Å²) in [5.41, 5.74) is 6.29. The van der Waals surface area contributed by atoms with Gasteiger partial charge < -0.3 is 15.0 Å². The van der Waals surface area contributed by atoms with Crippen molar-refractivity contribution in [3.8, 4) is 5.75 Å². The van der Waals surface area contributed by atoms with E-state index in [1.165, 1.54) is 0 Å². The first kappa shape index (κ1) is 16.6. The summed E-state index contributed by atoms with van der Waals surface area (Å²) in [6.45, 7) is 0. The number of benzene rings is 2. The van der Waals surface area contributed by atoms with Crippen molar-refractivity contribution in [2.75, 3.05) is 12.4 Å². The van der Waals surface area contributed by atoms with Crippen molar-refractivity contribution in [3.63, 3.8) is 0 Å². The van der Waals surface area contributed by atoms with E-state index in [1.807, 2.05) is 30.3 Å². The van der Waals surface area contributed by atoms with Crippen LogP contribution >= 0.6 is 0 Å². The maximum atomic E-state index is 12.7. The third kappa shape index (κ3) is 2.72. The number of ether oxygens (including phenoxy) is 1. The van der Waals surface area contributed by atoms with Crippen molar-refractivity contribution in [3.05, 3.63) is 59.3 Å². The van der Waals surface area contributed by atoms with Crippen LogP contribution in [-0.4, -0.2) is 30.1 Å². The van der Waals surface area contributed by atoms with Gasteiger partial charge in [0.05, 0.1) is 18.9 Å². The van der Waals surface area contributed by atoms with E-state index in [0.717, 1.165) is 34.2 Å². The zero-order valence-electron chi connectivity index (χ0n) is 15.2. The third-order valence-corrected chi connectivity index (χ3v) is 5.34. The van der Waals surface area contributed by atoms with Crippen LogP contribution in [0.4, 0.5) is 5.69 Å². The minimum absolute atomic E-state index is 0.0450. The van der Waals surface area contributed by atoms with Gasteiger partial charge in [-0.3, -0.25) is 9.59 Å². The summed E-state index contributed by atoms with van der Waals surface area (Å²) in [6, 6.07) is 11.4. The third-order valence-electron chi connectivity index (χ3n) is 5.34. The number of carbonyl (C=O) groups is 2. The van der Waals surface area contributed by atoms with Crippen molar-refractivity contribution < 1.29 is 14.3 Å². The Morgan fingerprint density at radius 2 is 2.18 bits per heavy atom. The average Bonchev–Trinajstić information content (AvgIpc) is 3.44. The van der Waals surface area contributed by atoms with E-state index in [2.05, 4.69) is 20.8 Å².